The molecule has 418 valence electrons. The molecule has 8 heterocycles. The fourth-order valence-electron chi connectivity index (χ4n) is 5.49. The molecule has 0 unspecified atom stereocenters. The quantitative estimate of drug-likeness (QED) is 0.0431. The molecule has 8 aromatic rings. The minimum atomic E-state index is -4.88. The topological polar surface area (TPSA) is 276 Å². The lowest BCUT2D eigenvalue weighted by atomic mass is 9.81. The Bertz CT molecular complexity index is 3640. The third kappa shape index (κ3) is 18.9. The van der Waals surface area contributed by atoms with Crippen LogP contribution in [0, 0.1) is 29.7 Å². The lowest BCUT2D eigenvalue weighted by molar-refractivity contribution is -0.138. The van der Waals surface area contributed by atoms with E-state index in [9.17, 15) is 78.3 Å². The van der Waals surface area contributed by atoms with E-state index in [4.69, 9.17) is 43.8 Å². The molecule has 0 bridgehead atoms. The van der Waals surface area contributed by atoms with Crippen molar-refractivity contribution >= 4 is 71.4 Å². The largest absolute Gasteiger partial charge is 0.493 e. The van der Waals surface area contributed by atoms with Crippen molar-refractivity contribution in [3.05, 3.63) is 179 Å². The molecule has 0 fully saturated rings. The number of nitrogens with zero attached hydrogens (tertiary/aromatic N) is 8. The predicted molar refractivity (Wildman–Crippen MR) is 254 cm³/mol. The molecule has 0 aromatic carbocycles. The molecule has 0 aliphatic rings. The van der Waals surface area contributed by atoms with Crippen molar-refractivity contribution < 1.29 is 88.3 Å². The maximum atomic E-state index is 13.9. The first-order valence-electron chi connectivity index (χ1n) is 20.4. The first-order chi connectivity index (χ1) is 36.6. The number of aromatic nitrogens is 8. The number of rotatable bonds is 7. The first-order valence-corrected chi connectivity index (χ1v) is 24.6. The van der Waals surface area contributed by atoms with E-state index >= 15 is 0 Å². The number of hydrogen-bond donors (Lipinski definition) is 5. The summed E-state index contributed by atoms with van der Waals surface area (Å²) >= 11 is 5.20. The number of halogens is 16. The summed E-state index contributed by atoms with van der Waals surface area (Å²) in [5, 5.41) is 15.2. The Balaban J connectivity index is 0.000000227. The van der Waals surface area contributed by atoms with Crippen LogP contribution in [0.15, 0.2) is 138 Å². The summed E-state index contributed by atoms with van der Waals surface area (Å²) in [6.07, 6.45) is -10.6. The normalized spacial score (nSPS) is 11.5. The van der Waals surface area contributed by atoms with E-state index in [0.29, 0.717) is 6.07 Å². The summed E-state index contributed by atoms with van der Waals surface area (Å²) in [7, 11) is -5.26. The highest BCUT2D eigenvalue weighted by Gasteiger charge is 2.37. The molecule has 8 rings (SSSR count). The molecule has 0 atom stereocenters. The van der Waals surface area contributed by atoms with Crippen LogP contribution in [-0.2, 0) is 37.6 Å². The molecule has 36 heteroatoms. The van der Waals surface area contributed by atoms with E-state index in [1.54, 1.807) is 0 Å². The molecule has 0 radical (unpaired) electrons. The van der Waals surface area contributed by atoms with E-state index < -0.39 is 129 Å². The van der Waals surface area contributed by atoms with Crippen molar-refractivity contribution in [2.24, 2.45) is 0 Å². The number of hydrogen-bond acceptors (Lipinski definition) is 16. The van der Waals surface area contributed by atoms with Crippen molar-refractivity contribution in [3.8, 4) is 22.5 Å². The number of alkyl halides is 9. The molecule has 7 N–H and O–H groups in total. The average molecular weight is 1210 g/mol. The second-order valence-electron chi connectivity index (χ2n) is 14.4. The maximum absolute atomic E-state index is 13.9. The fourth-order valence-corrected chi connectivity index (χ4v) is 7.41. The number of nitrogen functional groups attached to an aromatic ring is 2. The summed E-state index contributed by atoms with van der Waals surface area (Å²) < 4.78 is 227. The van der Waals surface area contributed by atoms with Crippen LogP contribution in [0.1, 0.15) is 16.7 Å². The highest BCUT2D eigenvalue weighted by molar-refractivity contribution is 8.13. The average Bonchev–Trinajstić information content (AvgIpc) is 3.34. The maximum Gasteiger partial charge on any atom is 0.493 e. The summed E-state index contributed by atoms with van der Waals surface area (Å²) in [5.74, 6) is -5.73. The number of pyridine rings is 8. The zero-order valence-electron chi connectivity index (χ0n) is 38.3. The van der Waals surface area contributed by atoms with Crippen LogP contribution in [-0.4, -0.2) is 73.9 Å². The van der Waals surface area contributed by atoms with Crippen molar-refractivity contribution in [1.29, 1.82) is 0 Å². The van der Waals surface area contributed by atoms with Gasteiger partial charge < -0.3 is 21.5 Å². The Morgan fingerprint density at radius 2 is 0.911 bits per heavy atom. The Hall–Kier alpha value is -7.92. The van der Waals surface area contributed by atoms with E-state index in [1.807, 2.05) is 4.72 Å². The molecule has 0 amide bonds. The number of sulfonamides is 1. The fraction of sp³-hybridized carbons (Fsp3) is 0.0698. The molecule has 0 aliphatic carbocycles. The van der Waals surface area contributed by atoms with Gasteiger partial charge >= 0.3 is 25.6 Å². The minimum absolute atomic E-state index is 0.0343. The first kappa shape index (κ1) is 63.6. The Morgan fingerprint density at radius 1 is 0.494 bits per heavy atom. The SMILES string of the molecule is Nc1ccc(C(F)(F)F)c(-c2cccnc2F)n1.Nc1ccc(C(F)(F)F)c(Cl)n1.O=S(=O)(Cl)c1cccc(F)n1.O=S(=O)(Nc1ccc(C(F)(F)F)c(-c2cccnc2F)n1)c1cccc(F)n1.OB(O)c1cccnc1F. The molecule has 0 saturated carbocycles. The Labute approximate surface area is 444 Å². The van der Waals surface area contributed by atoms with E-state index in [1.165, 1.54) is 42.6 Å². The third-order valence-electron chi connectivity index (χ3n) is 8.84. The van der Waals surface area contributed by atoms with Gasteiger partial charge in [0.05, 0.1) is 39.2 Å². The van der Waals surface area contributed by atoms with Gasteiger partial charge in [-0.25, -0.2) is 48.3 Å². The van der Waals surface area contributed by atoms with Crippen LogP contribution in [0.25, 0.3) is 22.5 Å². The molecular weight excluding hydrogens is 1180 g/mol. The number of nitrogens with two attached hydrogens (primary N) is 2. The van der Waals surface area contributed by atoms with Gasteiger partial charge in [-0.2, -0.15) is 69.9 Å². The van der Waals surface area contributed by atoms with Crippen LogP contribution < -0.4 is 21.7 Å². The van der Waals surface area contributed by atoms with Gasteiger partial charge in [0.1, 0.15) is 22.6 Å². The van der Waals surface area contributed by atoms with Crippen molar-refractivity contribution in [2.75, 3.05) is 16.2 Å². The summed E-state index contributed by atoms with van der Waals surface area (Å²) in [4.78, 5) is 26.4. The van der Waals surface area contributed by atoms with Gasteiger partial charge in [0.2, 0.25) is 29.7 Å². The molecule has 0 aliphatic heterocycles. The zero-order chi connectivity index (χ0) is 59.3. The Kier molecular flexibility index (Phi) is 21.4. The Morgan fingerprint density at radius 3 is 1.32 bits per heavy atom. The molecule has 8 aromatic heterocycles. The van der Waals surface area contributed by atoms with Crippen LogP contribution in [0.4, 0.5) is 78.9 Å². The molecule has 79 heavy (non-hydrogen) atoms. The van der Waals surface area contributed by atoms with Crippen molar-refractivity contribution in [3.63, 3.8) is 0 Å². The van der Waals surface area contributed by atoms with Crippen LogP contribution in [0.2, 0.25) is 5.15 Å². The van der Waals surface area contributed by atoms with Gasteiger partial charge in [-0.3, -0.25) is 4.72 Å². The zero-order valence-corrected chi connectivity index (χ0v) is 41.5. The van der Waals surface area contributed by atoms with Crippen LogP contribution in [0.5, 0.6) is 0 Å². The standard InChI is InChI=1S/C16H9F5N4O2S.C11H7F4N3.C6H4ClF3N2.C5H5BFNO2.C5H3ClFNO2S/c17-11-4-1-5-13(23-11)28(26,27)25-12-7-6-10(16(19,20)21)14(24-12)9-3-2-8-22-15(9)18;12-10-6(2-1-5-17-10)9-7(11(13,14)15)3-4-8(16)18-9;7-5-3(6(8,9)10)1-2-4(11)12-5;7-5-4(6(9)10)2-1-3-8-5;6-11(9,10)5-3-1-2-4(7)8-5/h1-8H,(H,24,25);1-5H,(H2,16,18);1-2H,(H2,11,12);1-3,9-10H;1-3H. The number of nitrogens with one attached hydrogen (secondary N) is 1. The number of anilines is 3. The summed E-state index contributed by atoms with van der Waals surface area (Å²) in [6.45, 7) is 0. The third-order valence-corrected chi connectivity index (χ3v) is 11.6. The van der Waals surface area contributed by atoms with E-state index in [0.717, 1.165) is 79.1 Å². The van der Waals surface area contributed by atoms with Gasteiger partial charge in [-0.1, -0.05) is 29.8 Å². The smallest absolute Gasteiger partial charge is 0.423 e. The monoisotopic (exact) mass is 1210 g/mol. The van der Waals surface area contributed by atoms with Gasteiger partial charge in [-0.05, 0) is 91.0 Å². The molecule has 0 saturated heterocycles. The lowest BCUT2D eigenvalue weighted by Gasteiger charge is -2.14. The van der Waals surface area contributed by atoms with Gasteiger partial charge in [0, 0.05) is 34.7 Å². The van der Waals surface area contributed by atoms with Crippen molar-refractivity contribution in [1.82, 2.24) is 39.9 Å². The van der Waals surface area contributed by atoms with E-state index in [-0.39, 0.29) is 22.7 Å². The second kappa shape index (κ2) is 26.6. The highest BCUT2D eigenvalue weighted by atomic mass is 35.7. The predicted octanol–water partition coefficient (Wildman–Crippen LogP) is 8.90. The van der Waals surface area contributed by atoms with E-state index in [2.05, 4.69) is 39.9 Å². The molecular formula is C43H28BCl2F14N11O6S2. The second-order valence-corrected chi connectivity index (χ2v) is 18.9. The van der Waals surface area contributed by atoms with Crippen LogP contribution >= 0.6 is 22.3 Å². The lowest BCUT2D eigenvalue weighted by Crippen LogP contribution is -2.33. The summed E-state index contributed by atoms with van der Waals surface area (Å²) in [5.41, 5.74) is 4.60. The van der Waals surface area contributed by atoms with Crippen LogP contribution in [0.3, 0.4) is 0 Å². The van der Waals surface area contributed by atoms with Gasteiger partial charge in [0.25, 0.3) is 19.1 Å². The van der Waals surface area contributed by atoms with Gasteiger partial charge in [-0.15, -0.1) is 0 Å². The van der Waals surface area contributed by atoms with Gasteiger partial charge in [0.15, 0.2) is 10.1 Å². The highest BCUT2D eigenvalue weighted by Crippen LogP contribution is 2.39. The molecule has 17 nitrogen and oxygen atoms in total. The van der Waals surface area contributed by atoms with Crippen molar-refractivity contribution in [2.45, 2.75) is 28.6 Å². The summed E-state index contributed by atoms with van der Waals surface area (Å²) in [6, 6.07) is 18.7. The minimum Gasteiger partial charge on any atom is -0.423 e. The molecule has 0 spiro atoms.